The molecule has 162 valence electrons. The quantitative estimate of drug-likeness (QED) is 0.479. The van der Waals surface area contributed by atoms with Crippen molar-refractivity contribution < 1.29 is 10.0 Å². The number of aromatic nitrogens is 4. The first kappa shape index (κ1) is 20.9. The summed E-state index contributed by atoms with van der Waals surface area (Å²) in [4.78, 5) is 26.4. The normalized spacial score (nSPS) is 15.8. The highest BCUT2D eigenvalue weighted by Crippen LogP contribution is 2.32. The molecule has 0 bridgehead atoms. The highest BCUT2D eigenvalue weighted by molar-refractivity contribution is 5.60. The van der Waals surface area contributed by atoms with Gasteiger partial charge in [-0.05, 0) is 37.3 Å². The third-order valence-corrected chi connectivity index (χ3v) is 5.90. The number of aryl methyl sites for hydroxylation is 2. The van der Waals surface area contributed by atoms with Gasteiger partial charge in [0.1, 0.15) is 17.7 Å². The first-order valence-corrected chi connectivity index (χ1v) is 10.5. The molecular formula is C22H26N6O3. The van der Waals surface area contributed by atoms with E-state index < -0.39 is 11.0 Å². The van der Waals surface area contributed by atoms with Crippen molar-refractivity contribution in [2.75, 3.05) is 18.0 Å². The summed E-state index contributed by atoms with van der Waals surface area (Å²) >= 11 is 0. The molecule has 1 aliphatic heterocycles. The molecule has 31 heavy (non-hydrogen) atoms. The van der Waals surface area contributed by atoms with Crippen LogP contribution in [0.25, 0.3) is 11.4 Å². The largest absolute Gasteiger partial charge is 0.385 e. The number of hydrogen-bond donors (Lipinski definition) is 1. The Balaban J connectivity index is 1.51. The molecule has 1 aromatic carbocycles. The Morgan fingerprint density at radius 2 is 1.94 bits per heavy atom. The van der Waals surface area contributed by atoms with Crippen LogP contribution in [-0.4, -0.2) is 42.6 Å². The first-order chi connectivity index (χ1) is 15.0. The van der Waals surface area contributed by atoms with E-state index in [1.54, 1.807) is 18.3 Å². The molecule has 3 heterocycles. The van der Waals surface area contributed by atoms with E-state index in [0.29, 0.717) is 11.6 Å². The van der Waals surface area contributed by atoms with Crippen LogP contribution in [0.3, 0.4) is 0 Å². The van der Waals surface area contributed by atoms with E-state index in [4.69, 9.17) is 4.98 Å². The topological polar surface area (TPSA) is 110 Å². The smallest absolute Gasteiger partial charge is 0.269 e. The van der Waals surface area contributed by atoms with Crippen LogP contribution < -0.4 is 4.90 Å². The molecule has 0 saturated carbocycles. The molecule has 1 atom stereocenters. The van der Waals surface area contributed by atoms with E-state index in [-0.39, 0.29) is 11.6 Å². The molecule has 2 aromatic heterocycles. The van der Waals surface area contributed by atoms with E-state index in [1.807, 2.05) is 30.8 Å². The zero-order valence-electron chi connectivity index (χ0n) is 17.7. The SMILES string of the molecule is CCc1cc(N2CCC(C(O)c3nccn3C)CC2)nc(-c2ccc([N+](=O)[O-])cc2)n1. The molecule has 9 heteroatoms. The monoisotopic (exact) mass is 422 g/mol. The van der Waals surface area contributed by atoms with Crippen molar-refractivity contribution in [3.63, 3.8) is 0 Å². The average molecular weight is 422 g/mol. The summed E-state index contributed by atoms with van der Waals surface area (Å²) in [5.74, 6) is 2.28. The number of aliphatic hydroxyl groups excluding tert-OH is 1. The summed E-state index contributed by atoms with van der Waals surface area (Å²) in [5.41, 5.74) is 1.72. The second-order valence-corrected chi connectivity index (χ2v) is 7.86. The Morgan fingerprint density at radius 3 is 2.52 bits per heavy atom. The van der Waals surface area contributed by atoms with Gasteiger partial charge < -0.3 is 14.6 Å². The minimum atomic E-state index is -0.575. The second kappa shape index (κ2) is 8.81. The molecule has 1 fully saturated rings. The number of aliphatic hydroxyl groups is 1. The number of nitrogens with zero attached hydrogens (tertiary/aromatic N) is 6. The van der Waals surface area contributed by atoms with Crippen molar-refractivity contribution in [2.45, 2.75) is 32.3 Å². The maximum atomic E-state index is 10.9. The van der Waals surface area contributed by atoms with Gasteiger partial charge in [-0.3, -0.25) is 10.1 Å². The minimum absolute atomic E-state index is 0.0453. The Hall–Kier alpha value is -3.33. The minimum Gasteiger partial charge on any atom is -0.385 e. The van der Waals surface area contributed by atoms with Crippen molar-refractivity contribution in [3.8, 4) is 11.4 Å². The molecule has 1 N–H and O–H groups in total. The number of non-ortho nitro benzene ring substituents is 1. The highest BCUT2D eigenvalue weighted by atomic mass is 16.6. The van der Waals surface area contributed by atoms with E-state index in [1.165, 1.54) is 12.1 Å². The summed E-state index contributed by atoms with van der Waals surface area (Å²) in [6.07, 6.45) is 5.43. The van der Waals surface area contributed by atoms with Gasteiger partial charge in [-0.15, -0.1) is 0 Å². The fraction of sp³-hybridized carbons (Fsp3) is 0.409. The van der Waals surface area contributed by atoms with Crippen molar-refractivity contribution in [3.05, 3.63) is 64.4 Å². The van der Waals surface area contributed by atoms with Gasteiger partial charge >= 0.3 is 0 Å². The van der Waals surface area contributed by atoms with Crippen molar-refractivity contribution in [1.29, 1.82) is 0 Å². The van der Waals surface area contributed by atoms with Crippen LogP contribution in [0, 0.1) is 16.0 Å². The fourth-order valence-corrected chi connectivity index (χ4v) is 4.00. The van der Waals surface area contributed by atoms with E-state index in [0.717, 1.165) is 49.4 Å². The van der Waals surface area contributed by atoms with E-state index in [2.05, 4.69) is 14.9 Å². The average Bonchev–Trinajstić information content (AvgIpc) is 3.24. The van der Waals surface area contributed by atoms with Gasteiger partial charge in [0, 0.05) is 62.0 Å². The molecule has 0 amide bonds. The molecule has 1 unspecified atom stereocenters. The van der Waals surface area contributed by atoms with Gasteiger partial charge in [0.25, 0.3) is 5.69 Å². The van der Waals surface area contributed by atoms with Gasteiger partial charge in [-0.2, -0.15) is 0 Å². The number of benzene rings is 1. The molecule has 0 aliphatic carbocycles. The fourth-order valence-electron chi connectivity index (χ4n) is 4.00. The summed E-state index contributed by atoms with van der Waals surface area (Å²) in [5, 5.41) is 21.7. The summed E-state index contributed by atoms with van der Waals surface area (Å²) < 4.78 is 1.87. The van der Waals surface area contributed by atoms with Crippen LogP contribution in [0.5, 0.6) is 0 Å². The number of imidazole rings is 1. The number of nitro benzene ring substituents is 1. The first-order valence-electron chi connectivity index (χ1n) is 10.5. The predicted molar refractivity (Wildman–Crippen MR) is 117 cm³/mol. The third kappa shape index (κ3) is 4.41. The van der Waals surface area contributed by atoms with Gasteiger partial charge in [-0.1, -0.05) is 6.92 Å². The van der Waals surface area contributed by atoms with Gasteiger partial charge in [0.05, 0.1) is 4.92 Å². The van der Waals surface area contributed by atoms with Crippen LogP contribution in [0.1, 0.15) is 37.4 Å². The summed E-state index contributed by atoms with van der Waals surface area (Å²) in [6, 6.07) is 8.33. The number of rotatable bonds is 6. The lowest BCUT2D eigenvalue weighted by atomic mass is 9.90. The summed E-state index contributed by atoms with van der Waals surface area (Å²) in [7, 11) is 1.90. The molecule has 1 saturated heterocycles. The van der Waals surface area contributed by atoms with Crippen LogP contribution in [0.2, 0.25) is 0 Å². The molecule has 0 radical (unpaired) electrons. The maximum Gasteiger partial charge on any atom is 0.269 e. The van der Waals surface area contributed by atoms with Gasteiger partial charge in [0.15, 0.2) is 5.82 Å². The number of anilines is 1. The second-order valence-electron chi connectivity index (χ2n) is 7.86. The zero-order chi connectivity index (χ0) is 22.0. The summed E-state index contributed by atoms with van der Waals surface area (Å²) in [6.45, 7) is 3.61. The van der Waals surface area contributed by atoms with E-state index >= 15 is 0 Å². The lowest BCUT2D eigenvalue weighted by molar-refractivity contribution is -0.384. The van der Waals surface area contributed by atoms with Crippen molar-refractivity contribution in [2.24, 2.45) is 13.0 Å². The molecule has 9 nitrogen and oxygen atoms in total. The number of piperidine rings is 1. The van der Waals surface area contributed by atoms with Gasteiger partial charge in [0.2, 0.25) is 0 Å². The number of nitro groups is 1. The van der Waals surface area contributed by atoms with Crippen LogP contribution in [0.15, 0.2) is 42.7 Å². The number of hydrogen-bond acceptors (Lipinski definition) is 7. The zero-order valence-corrected chi connectivity index (χ0v) is 17.7. The van der Waals surface area contributed by atoms with Crippen LogP contribution in [0.4, 0.5) is 11.5 Å². The Bertz CT molecular complexity index is 1060. The van der Waals surface area contributed by atoms with Gasteiger partial charge in [-0.25, -0.2) is 15.0 Å². The Kier molecular flexibility index (Phi) is 5.94. The molecule has 4 rings (SSSR count). The third-order valence-electron chi connectivity index (χ3n) is 5.90. The standard InChI is InChI=1S/C22H26N6O3/c1-3-17-14-19(25-21(24-17)16-4-6-18(7-5-16)28(30)31)27-11-8-15(9-12-27)20(29)22-23-10-13-26(22)2/h4-7,10,13-15,20,29H,3,8-9,11-12H2,1-2H3. The lowest BCUT2D eigenvalue weighted by Gasteiger charge is -2.35. The predicted octanol–water partition coefficient (Wildman–Crippen LogP) is 3.30. The molecule has 3 aromatic rings. The Morgan fingerprint density at radius 1 is 1.23 bits per heavy atom. The van der Waals surface area contributed by atoms with Crippen molar-refractivity contribution >= 4 is 11.5 Å². The lowest BCUT2D eigenvalue weighted by Crippen LogP contribution is -2.36. The highest BCUT2D eigenvalue weighted by Gasteiger charge is 2.29. The van der Waals surface area contributed by atoms with Crippen LogP contribution >= 0.6 is 0 Å². The van der Waals surface area contributed by atoms with E-state index in [9.17, 15) is 15.2 Å². The molecule has 1 aliphatic rings. The van der Waals surface area contributed by atoms with Crippen molar-refractivity contribution in [1.82, 2.24) is 19.5 Å². The maximum absolute atomic E-state index is 10.9. The molecule has 0 spiro atoms. The Labute approximate surface area is 180 Å². The molecular weight excluding hydrogens is 396 g/mol. The van der Waals surface area contributed by atoms with Crippen LogP contribution in [-0.2, 0) is 13.5 Å².